The number of fused-ring (bicyclic) bond motifs is 1. The van der Waals surface area contributed by atoms with Gasteiger partial charge in [-0.2, -0.15) is 0 Å². The largest absolute Gasteiger partial charge is 0.486 e. The number of ether oxygens (including phenoxy) is 2. The van der Waals surface area contributed by atoms with Crippen LogP contribution in [0.25, 0.3) is 0 Å². The minimum absolute atomic E-state index is 0.0881. The normalized spacial score (nSPS) is 16.1. The predicted molar refractivity (Wildman–Crippen MR) is 106 cm³/mol. The Balaban J connectivity index is 1.41. The number of hydrogen-bond donors (Lipinski definition) is 0. The Hall–Kier alpha value is -2.44. The van der Waals surface area contributed by atoms with Crippen LogP contribution in [0.1, 0.15) is 20.7 Å². The first kappa shape index (κ1) is 18.9. The lowest BCUT2D eigenvalue weighted by molar-refractivity contribution is 0.0535. The van der Waals surface area contributed by atoms with Crippen molar-refractivity contribution in [2.75, 3.05) is 39.4 Å². The van der Waals surface area contributed by atoms with Gasteiger partial charge in [-0.05, 0) is 36.4 Å². The van der Waals surface area contributed by atoms with E-state index in [0.717, 1.165) is 0 Å². The van der Waals surface area contributed by atoms with E-state index in [1.807, 2.05) is 0 Å². The molecule has 2 amide bonds. The van der Waals surface area contributed by atoms with Gasteiger partial charge in [-0.3, -0.25) is 9.59 Å². The molecule has 4 rings (SSSR count). The highest BCUT2D eigenvalue weighted by atomic mass is 35.5. The van der Waals surface area contributed by atoms with Crippen molar-refractivity contribution in [1.82, 2.24) is 9.80 Å². The summed E-state index contributed by atoms with van der Waals surface area (Å²) in [7, 11) is 0. The molecule has 0 saturated carbocycles. The number of hydrogen-bond acceptors (Lipinski definition) is 4. The highest BCUT2D eigenvalue weighted by Crippen LogP contribution is 2.31. The van der Waals surface area contributed by atoms with Crippen molar-refractivity contribution in [3.05, 3.63) is 57.6 Å². The van der Waals surface area contributed by atoms with E-state index in [4.69, 9.17) is 32.7 Å². The van der Waals surface area contributed by atoms with Crippen molar-refractivity contribution < 1.29 is 19.1 Å². The number of rotatable bonds is 2. The average Bonchev–Trinajstić information content (AvgIpc) is 2.72. The van der Waals surface area contributed by atoms with E-state index in [0.29, 0.717) is 72.1 Å². The number of amides is 2. The summed E-state index contributed by atoms with van der Waals surface area (Å²) in [6, 6.07) is 9.99. The smallest absolute Gasteiger partial charge is 0.254 e. The van der Waals surface area contributed by atoms with Gasteiger partial charge in [0.1, 0.15) is 13.2 Å². The number of halogens is 2. The summed E-state index contributed by atoms with van der Waals surface area (Å²) < 4.78 is 11.0. The van der Waals surface area contributed by atoms with Crippen molar-refractivity contribution in [3.63, 3.8) is 0 Å². The number of carbonyl (C=O) groups is 2. The molecule has 0 aromatic heterocycles. The van der Waals surface area contributed by atoms with Gasteiger partial charge in [0.2, 0.25) is 0 Å². The molecule has 2 aliphatic rings. The van der Waals surface area contributed by atoms with Crippen LogP contribution in [-0.4, -0.2) is 61.0 Å². The van der Waals surface area contributed by atoms with E-state index in [1.165, 1.54) is 0 Å². The maximum absolute atomic E-state index is 12.8. The highest BCUT2D eigenvalue weighted by Gasteiger charge is 2.26. The molecule has 0 atom stereocenters. The third-order valence-electron chi connectivity index (χ3n) is 4.75. The molecule has 0 bridgehead atoms. The van der Waals surface area contributed by atoms with E-state index >= 15 is 0 Å². The molecule has 1 fully saturated rings. The van der Waals surface area contributed by atoms with Crippen molar-refractivity contribution in [2.45, 2.75) is 0 Å². The molecule has 8 heteroatoms. The molecule has 6 nitrogen and oxygen atoms in total. The molecular formula is C20H18Cl2N2O4. The lowest BCUT2D eigenvalue weighted by Crippen LogP contribution is -2.50. The van der Waals surface area contributed by atoms with Crippen LogP contribution < -0.4 is 9.47 Å². The van der Waals surface area contributed by atoms with Crippen LogP contribution in [0, 0.1) is 0 Å². The zero-order valence-electron chi connectivity index (χ0n) is 15.0. The molecular weight excluding hydrogens is 403 g/mol. The van der Waals surface area contributed by atoms with Crippen LogP contribution in [-0.2, 0) is 0 Å². The van der Waals surface area contributed by atoms with E-state index in [1.54, 1.807) is 46.2 Å². The second-order valence-electron chi connectivity index (χ2n) is 6.60. The molecule has 146 valence electrons. The van der Waals surface area contributed by atoms with Gasteiger partial charge >= 0.3 is 0 Å². The van der Waals surface area contributed by atoms with Gasteiger partial charge in [0.05, 0.1) is 0 Å². The molecule has 0 unspecified atom stereocenters. The van der Waals surface area contributed by atoms with Crippen LogP contribution in [0.5, 0.6) is 11.5 Å². The van der Waals surface area contributed by atoms with Gasteiger partial charge in [-0.15, -0.1) is 0 Å². The topological polar surface area (TPSA) is 59.1 Å². The third-order valence-corrected chi connectivity index (χ3v) is 5.19. The Bertz CT molecular complexity index is 906. The van der Waals surface area contributed by atoms with E-state index < -0.39 is 0 Å². The molecule has 28 heavy (non-hydrogen) atoms. The van der Waals surface area contributed by atoms with Gasteiger partial charge in [-0.1, -0.05) is 23.2 Å². The van der Waals surface area contributed by atoms with Crippen LogP contribution in [0.2, 0.25) is 10.0 Å². The Kier molecular flexibility index (Phi) is 5.33. The van der Waals surface area contributed by atoms with E-state index in [9.17, 15) is 9.59 Å². The summed E-state index contributed by atoms with van der Waals surface area (Å²) in [5.74, 6) is 1.01. The summed E-state index contributed by atoms with van der Waals surface area (Å²) in [6.07, 6.45) is 0. The summed E-state index contributed by atoms with van der Waals surface area (Å²) in [5, 5.41) is 0.839. The van der Waals surface area contributed by atoms with Crippen LogP contribution in [0.3, 0.4) is 0 Å². The predicted octanol–water partition coefficient (Wildman–Crippen LogP) is 3.36. The van der Waals surface area contributed by atoms with Crippen LogP contribution in [0.15, 0.2) is 36.4 Å². The standard InChI is InChI=1S/C20H18Cl2N2O4/c21-15-9-14(10-16(22)12-15)20(26)24-5-3-23(4-6-24)19(25)13-1-2-17-18(11-13)28-8-7-27-17/h1-2,9-12H,3-8H2. The molecule has 0 N–H and O–H groups in total. The van der Waals surface area contributed by atoms with Crippen molar-refractivity contribution in [3.8, 4) is 11.5 Å². The first-order valence-electron chi connectivity index (χ1n) is 8.95. The summed E-state index contributed by atoms with van der Waals surface area (Å²) in [5.41, 5.74) is 0.995. The lowest BCUT2D eigenvalue weighted by Gasteiger charge is -2.35. The van der Waals surface area contributed by atoms with Crippen molar-refractivity contribution >= 4 is 35.0 Å². The Morgan fingerprint density at radius 3 is 1.86 bits per heavy atom. The molecule has 2 aliphatic heterocycles. The molecule has 0 spiro atoms. The first-order chi connectivity index (χ1) is 13.5. The molecule has 0 aliphatic carbocycles. The number of nitrogens with zero attached hydrogens (tertiary/aromatic N) is 2. The quantitative estimate of drug-likeness (QED) is 0.747. The Morgan fingerprint density at radius 1 is 0.714 bits per heavy atom. The van der Waals surface area contributed by atoms with Crippen molar-refractivity contribution in [1.29, 1.82) is 0 Å². The van der Waals surface area contributed by atoms with E-state index in [-0.39, 0.29) is 11.8 Å². The Labute approximate surface area is 172 Å². The first-order valence-corrected chi connectivity index (χ1v) is 9.71. The maximum atomic E-state index is 12.8. The Morgan fingerprint density at radius 2 is 1.25 bits per heavy atom. The van der Waals surface area contributed by atoms with Gasteiger partial charge < -0.3 is 19.3 Å². The number of piperazine rings is 1. The van der Waals surface area contributed by atoms with Crippen LogP contribution in [0.4, 0.5) is 0 Å². The second-order valence-corrected chi connectivity index (χ2v) is 7.47. The molecule has 2 aromatic carbocycles. The van der Waals surface area contributed by atoms with Gasteiger partial charge in [-0.25, -0.2) is 0 Å². The summed E-state index contributed by atoms with van der Waals surface area (Å²) in [6.45, 7) is 2.77. The van der Waals surface area contributed by atoms with E-state index in [2.05, 4.69) is 0 Å². The molecule has 1 saturated heterocycles. The highest BCUT2D eigenvalue weighted by molar-refractivity contribution is 6.35. The second kappa shape index (κ2) is 7.89. The minimum Gasteiger partial charge on any atom is -0.486 e. The summed E-state index contributed by atoms with van der Waals surface area (Å²) >= 11 is 12.0. The zero-order valence-corrected chi connectivity index (χ0v) is 16.5. The van der Waals surface area contributed by atoms with Crippen molar-refractivity contribution in [2.24, 2.45) is 0 Å². The summed E-state index contributed by atoms with van der Waals surface area (Å²) in [4.78, 5) is 28.9. The monoisotopic (exact) mass is 420 g/mol. The van der Waals surface area contributed by atoms with Crippen LogP contribution >= 0.6 is 23.2 Å². The van der Waals surface area contributed by atoms with Gasteiger partial charge in [0.25, 0.3) is 11.8 Å². The number of benzene rings is 2. The molecule has 0 radical (unpaired) electrons. The zero-order chi connectivity index (χ0) is 19.7. The lowest BCUT2D eigenvalue weighted by atomic mass is 10.1. The third kappa shape index (κ3) is 3.88. The molecule has 2 heterocycles. The fourth-order valence-corrected chi connectivity index (χ4v) is 3.86. The average molecular weight is 421 g/mol. The SMILES string of the molecule is O=C(c1cc(Cl)cc(Cl)c1)N1CCN(C(=O)c2ccc3c(c2)OCCO3)CC1. The van der Waals surface area contributed by atoms with Gasteiger partial charge in [0.15, 0.2) is 11.5 Å². The molecule has 2 aromatic rings. The van der Waals surface area contributed by atoms with Gasteiger partial charge in [0, 0.05) is 47.4 Å². The number of carbonyl (C=O) groups excluding carboxylic acids is 2. The fraction of sp³-hybridized carbons (Fsp3) is 0.300. The fourth-order valence-electron chi connectivity index (χ4n) is 3.33. The maximum Gasteiger partial charge on any atom is 0.254 e. The minimum atomic E-state index is -0.143.